The minimum atomic E-state index is -0.903. The second kappa shape index (κ2) is 10.6. The van der Waals surface area contributed by atoms with Gasteiger partial charge in [0.05, 0.1) is 27.0 Å². The molecule has 2 rings (SSSR count). The van der Waals surface area contributed by atoms with Crippen LogP contribution in [0, 0.1) is 5.41 Å². The molecular formula is C20H28BrN3O6. The molecule has 0 spiro atoms. The summed E-state index contributed by atoms with van der Waals surface area (Å²) in [4.78, 5) is 42.9. The molecule has 2 unspecified atom stereocenters. The number of aromatic nitrogens is 1. The van der Waals surface area contributed by atoms with E-state index in [1.807, 2.05) is 13.8 Å². The van der Waals surface area contributed by atoms with Crippen LogP contribution in [-0.2, 0) is 19.1 Å². The van der Waals surface area contributed by atoms with Crippen LogP contribution in [0.3, 0.4) is 0 Å². The van der Waals surface area contributed by atoms with Crippen molar-refractivity contribution in [3.63, 3.8) is 0 Å². The number of amides is 2. The van der Waals surface area contributed by atoms with Gasteiger partial charge in [-0.15, -0.1) is 0 Å². The van der Waals surface area contributed by atoms with Gasteiger partial charge in [-0.1, -0.05) is 13.8 Å². The van der Waals surface area contributed by atoms with E-state index in [1.54, 1.807) is 18.5 Å². The van der Waals surface area contributed by atoms with Gasteiger partial charge in [0.25, 0.3) is 0 Å². The molecule has 30 heavy (non-hydrogen) atoms. The van der Waals surface area contributed by atoms with Crippen LogP contribution in [-0.4, -0.2) is 67.3 Å². The van der Waals surface area contributed by atoms with Crippen LogP contribution in [0.1, 0.15) is 33.1 Å². The van der Waals surface area contributed by atoms with Gasteiger partial charge in [0, 0.05) is 17.2 Å². The van der Waals surface area contributed by atoms with Gasteiger partial charge in [-0.05, 0) is 46.7 Å². The maximum Gasteiger partial charge on any atom is 0.407 e. The number of pyridine rings is 1. The van der Waals surface area contributed by atoms with E-state index in [4.69, 9.17) is 14.2 Å². The number of carbonyl (C=O) groups excluding carboxylic acids is 3. The summed E-state index contributed by atoms with van der Waals surface area (Å²) < 4.78 is 16.1. The van der Waals surface area contributed by atoms with E-state index in [0.29, 0.717) is 38.2 Å². The predicted molar refractivity (Wildman–Crippen MR) is 112 cm³/mol. The van der Waals surface area contributed by atoms with Gasteiger partial charge in [0.15, 0.2) is 0 Å². The lowest BCUT2D eigenvalue weighted by molar-refractivity contribution is -0.152. The zero-order valence-corrected chi connectivity index (χ0v) is 19.2. The number of ether oxygens (including phenoxy) is 3. The second-order valence-corrected chi connectivity index (χ2v) is 8.62. The summed E-state index contributed by atoms with van der Waals surface area (Å²) in [6.07, 6.45) is 4.21. The van der Waals surface area contributed by atoms with Gasteiger partial charge in [-0.2, -0.15) is 0 Å². The van der Waals surface area contributed by atoms with E-state index in [0.717, 1.165) is 4.47 Å². The number of alkyl carbamates (subject to hydrolysis) is 1. The Morgan fingerprint density at radius 2 is 2.03 bits per heavy atom. The molecule has 1 aromatic rings. The van der Waals surface area contributed by atoms with Crippen molar-refractivity contribution in [2.75, 3.05) is 27.4 Å². The monoisotopic (exact) mass is 485 g/mol. The molecule has 10 heteroatoms. The molecule has 2 amide bonds. The van der Waals surface area contributed by atoms with E-state index in [-0.39, 0.29) is 5.91 Å². The second-order valence-electron chi connectivity index (χ2n) is 7.71. The third-order valence-electron chi connectivity index (χ3n) is 5.18. The van der Waals surface area contributed by atoms with Gasteiger partial charge < -0.3 is 24.4 Å². The van der Waals surface area contributed by atoms with Gasteiger partial charge in [0.2, 0.25) is 5.91 Å². The molecular weight excluding hydrogens is 458 g/mol. The Balaban J connectivity index is 2.13. The van der Waals surface area contributed by atoms with Crippen LogP contribution in [0.4, 0.5) is 4.79 Å². The number of hydrogen-bond acceptors (Lipinski definition) is 7. The Hall–Kier alpha value is -2.36. The molecule has 2 heterocycles. The van der Waals surface area contributed by atoms with Gasteiger partial charge in [-0.25, -0.2) is 9.59 Å². The first-order valence-electron chi connectivity index (χ1n) is 9.65. The number of esters is 1. The number of carbonyl (C=O) groups is 3. The third-order valence-corrected chi connectivity index (χ3v) is 5.61. The fourth-order valence-corrected chi connectivity index (χ4v) is 3.74. The highest BCUT2D eigenvalue weighted by molar-refractivity contribution is 9.10. The van der Waals surface area contributed by atoms with Gasteiger partial charge in [-0.3, -0.25) is 9.78 Å². The first kappa shape index (κ1) is 23.9. The molecule has 0 radical (unpaired) electrons. The normalized spacial score (nSPS) is 17.2. The lowest BCUT2D eigenvalue weighted by Crippen LogP contribution is -2.57. The highest BCUT2D eigenvalue weighted by Crippen LogP contribution is 2.30. The summed E-state index contributed by atoms with van der Waals surface area (Å²) in [5, 5.41) is 2.64. The van der Waals surface area contributed by atoms with Crippen LogP contribution in [0.15, 0.2) is 22.9 Å². The van der Waals surface area contributed by atoms with Crippen molar-refractivity contribution in [1.82, 2.24) is 15.2 Å². The summed E-state index contributed by atoms with van der Waals surface area (Å²) >= 11 is 3.34. The van der Waals surface area contributed by atoms with Crippen LogP contribution in [0.25, 0.3) is 0 Å². The SMILES string of the molecule is COC(=O)NC(C(=O)N1CCCC1C(=O)OC)C(C)(C)CCOc1cncc(Br)c1. The molecule has 1 aliphatic heterocycles. The topological polar surface area (TPSA) is 107 Å². The summed E-state index contributed by atoms with van der Waals surface area (Å²) in [7, 11) is 2.53. The number of methoxy groups -OCH3 is 2. The maximum atomic E-state index is 13.3. The Labute approximate surface area is 184 Å². The van der Waals surface area contributed by atoms with Crippen molar-refractivity contribution in [2.24, 2.45) is 5.41 Å². The number of nitrogens with zero attached hydrogens (tertiary/aromatic N) is 2. The molecule has 0 aliphatic carbocycles. The standard InChI is InChI=1S/C20H28BrN3O6/c1-20(2,7-9-30-14-10-13(21)11-22-12-14)16(23-19(27)29-4)17(25)24-8-5-6-15(24)18(26)28-3/h10-12,15-16H,5-9H2,1-4H3,(H,23,27). The maximum absolute atomic E-state index is 13.3. The minimum Gasteiger partial charge on any atom is -0.492 e. The summed E-state index contributed by atoms with van der Waals surface area (Å²) in [5.74, 6) is -0.210. The first-order valence-corrected chi connectivity index (χ1v) is 10.4. The first-order chi connectivity index (χ1) is 14.2. The van der Waals surface area contributed by atoms with Crippen LogP contribution in [0.5, 0.6) is 5.75 Å². The summed E-state index contributed by atoms with van der Waals surface area (Å²) in [6.45, 7) is 4.45. The molecule has 2 atom stereocenters. The van der Waals surface area contributed by atoms with E-state index in [2.05, 4.69) is 26.2 Å². The molecule has 1 saturated heterocycles. The molecule has 1 aromatic heterocycles. The summed E-state index contributed by atoms with van der Waals surface area (Å²) in [5.41, 5.74) is -0.687. The van der Waals surface area contributed by atoms with Crippen molar-refractivity contribution in [3.8, 4) is 5.75 Å². The predicted octanol–water partition coefficient (Wildman–Crippen LogP) is 2.53. The molecule has 0 aromatic carbocycles. The van der Waals surface area contributed by atoms with Crippen LogP contribution >= 0.6 is 15.9 Å². The number of likely N-dealkylation sites (tertiary alicyclic amines) is 1. The van der Waals surface area contributed by atoms with E-state index in [9.17, 15) is 14.4 Å². The third kappa shape index (κ3) is 6.07. The molecule has 0 saturated carbocycles. The molecule has 1 N–H and O–H groups in total. The molecule has 9 nitrogen and oxygen atoms in total. The largest absolute Gasteiger partial charge is 0.492 e. The molecule has 166 valence electrons. The Kier molecular flexibility index (Phi) is 8.45. The Morgan fingerprint density at radius 3 is 2.67 bits per heavy atom. The van der Waals surface area contributed by atoms with Crippen molar-refractivity contribution in [1.29, 1.82) is 0 Å². The van der Waals surface area contributed by atoms with E-state index < -0.39 is 29.6 Å². The minimum absolute atomic E-state index is 0.304. The van der Waals surface area contributed by atoms with Gasteiger partial charge in [0.1, 0.15) is 17.8 Å². The smallest absolute Gasteiger partial charge is 0.407 e. The van der Waals surface area contributed by atoms with Crippen molar-refractivity contribution in [3.05, 3.63) is 22.9 Å². The molecule has 0 bridgehead atoms. The van der Waals surface area contributed by atoms with E-state index in [1.165, 1.54) is 19.1 Å². The van der Waals surface area contributed by atoms with Crippen LogP contribution < -0.4 is 10.1 Å². The van der Waals surface area contributed by atoms with Gasteiger partial charge >= 0.3 is 12.1 Å². The quantitative estimate of drug-likeness (QED) is 0.563. The van der Waals surface area contributed by atoms with Crippen molar-refractivity contribution >= 4 is 33.9 Å². The van der Waals surface area contributed by atoms with Crippen molar-refractivity contribution in [2.45, 2.75) is 45.2 Å². The number of rotatable bonds is 8. The number of nitrogens with one attached hydrogen (secondary N) is 1. The van der Waals surface area contributed by atoms with Crippen LogP contribution in [0.2, 0.25) is 0 Å². The number of hydrogen-bond donors (Lipinski definition) is 1. The average molecular weight is 486 g/mol. The lowest BCUT2D eigenvalue weighted by atomic mass is 9.80. The number of halogens is 1. The Morgan fingerprint density at radius 1 is 1.30 bits per heavy atom. The zero-order valence-electron chi connectivity index (χ0n) is 17.6. The molecule has 1 aliphatic rings. The zero-order chi connectivity index (χ0) is 22.3. The summed E-state index contributed by atoms with van der Waals surface area (Å²) in [6, 6.07) is 0.240. The molecule has 1 fully saturated rings. The fraction of sp³-hybridized carbons (Fsp3) is 0.600. The highest BCUT2D eigenvalue weighted by atomic mass is 79.9. The fourth-order valence-electron chi connectivity index (χ4n) is 3.39. The van der Waals surface area contributed by atoms with E-state index >= 15 is 0 Å². The average Bonchev–Trinajstić information content (AvgIpc) is 3.20. The van der Waals surface area contributed by atoms with Crippen molar-refractivity contribution < 1.29 is 28.6 Å². The lowest BCUT2D eigenvalue weighted by Gasteiger charge is -2.37. The Bertz CT molecular complexity index is 773. The highest BCUT2D eigenvalue weighted by Gasteiger charge is 2.44.